The van der Waals surface area contributed by atoms with Crippen LogP contribution in [0.4, 0.5) is 0 Å². The second-order valence-electron chi connectivity index (χ2n) is 9.90. The third-order valence-electron chi connectivity index (χ3n) is 6.75. The van der Waals surface area contributed by atoms with E-state index in [1.807, 2.05) is 6.07 Å². The van der Waals surface area contributed by atoms with Crippen LogP contribution in [0.2, 0.25) is 0 Å². The number of esters is 4. The zero-order valence-electron chi connectivity index (χ0n) is 25.0. The molecule has 2 aromatic heterocycles. The smallest absolute Gasteiger partial charge is 0.303 e. The number of nitriles is 1. The minimum absolute atomic E-state index is 0.167. The molecule has 1 aliphatic heterocycles. The van der Waals surface area contributed by atoms with E-state index in [0.717, 1.165) is 32.3 Å². The SMILES string of the molecule is COc1ccc(-c2cc(-c3ccco3)c(C#N)c(=O)n2[C@@H]2O[C@H](COC(C)=O)[C@H](OC(C)=O)[C@H](OC(C)=O)[C@H]2OC(C)=O)cc1. The standard InChI is InChI=1S/C31H30N2O12/c1-16(34)41-15-26-27(42-17(2)35)28(43-18(3)36)29(44-19(4)37)31(45-26)33-24(20-8-10-21(39-5)11-9-20)13-22(23(14-32)30(33)38)25-7-6-12-40-25/h6-13,26-29,31H,15H2,1-5H3/t26-,27+,28+,29-,31-/m1/s1. The van der Waals surface area contributed by atoms with Crippen molar-refractivity contribution in [1.29, 1.82) is 5.26 Å². The van der Waals surface area contributed by atoms with E-state index in [-0.39, 0.29) is 22.6 Å². The van der Waals surface area contributed by atoms with Gasteiger partial charge >= 0.3 is 23.9 Å². The van der Waals surface area contributed by atoms with Crippen LogP contribution < -0.4 is 10.3 Å². The maximum Gasteiger partial charge on any atom is 0.303 e. The molecule has 3 aromatic rings. The zero-order valence-corrected chi connectivity index (χ0v) is 25.0. The fraction of sp³-hybridized carbons (Fsp3) is 0.355. The maximum absolute atomic E-state index is 14.3. The van der Waals surface area contributed by atoms with Crippen molar-refractivity contribution in [2.75, 3.05) is 13.7 Å². The van der Waals surface area contributed by atoms with Gasteiger partial charge in [0.05, 0.1) is 19.1 Å². The van der Waals surface area contributed by atoms with Crippen LogP contribution in [0.1, 0.15) is 39.5 Å². The van der Waals surface area contributed by atoms with Gasteiger partial charge in [-0.1, -0.05) is 0 Å². The van der Waals surface area contributed by atoms with Crippen LogP contribution >= 0.6 is 0 Å². The van der Waals surface area contributed by atoms with Gasteiger partial charge in [0.2, 0.25) is 0 Å². The van der Waals surface area contributed by atoms with E-state index in [4.69, 9.17) is 32.8 Å². The van der Waals surface area contributed by atoms with Crippen LogP contribution in [-0.4, -0.2) is 66.6 Å². The molecule has 1 saturated heterocycles. The Bertz CT molecular complexity index is 1670. The number of furan rings is 1. The van der Waals surface area contributed by atoms with E-state index >= 15 is 0 Å². The highest BCUT2D eigenvalue weighted by Crippen LogP contribution is 2.38. The van der Waals surface area contributed by atoms with Crippen molar-refractivity contribution >= 4 is 23.9 Å². The average molecular weight is 623 g/mol. The Morgan fingerprint density at radius 1 is 0.889 bits per heavy atom. The number of rotatable bonds is 9. The fourth-order valence-electron chi connectivity index (χ4n) is 5.01. The number of ether oxygens (including phenoxy) is 6. The summed E-state index contributed by atoms with van der Waals surface area (Å²) in [6.07, 6.45) is -6.13. The van der Waals surface area contributed by atoms with Gasteiger partial charge in [-0.3, -0.25) is 28.5 Å². The molecule has 0 N–H and O–H groups in total. The van der Waals surface area contributed by atoms with Crippen LogP contribution in [0, 0.1) is 11.3 Å². The number of methoxy groups -OCH3 is 1. The molecule has 0 amide bonds. The van der Waals surface area contributed by atoms with Gasteiger partial charge in [-0.15, -0.1) is 0 Å². The number of carbonyl (C=O) groups is 4. The normalized spacial score (nSPS) is 20.8. The first kappa shape index (κ1) is 32.5. The molecule has 0 aliphatic carbocycles. The first-order valence-electron chi connectivity index (χ1n) is 13.6. The number of benzene rings is 1. The first-order valence-corrected chi connectivity index (χ1v) is 13.6. The minimum atomic E-state index is -1.60. The molecule has 14 nitrogen and oxygen atoms in total. The summed E-state index contributed by atoms with van der Waals surface area (Å²) in [4.78, 5) is 63.0. The van der Waals surface area contributed by atoms with Crippen LogP contribution in [-0.2, 0) is 42.9 Å². The van der Waals surface area contributed by atoms with Crippen molar-refractivity contribution in [3.05, 3.63) is 64.6 Å². The largest absolute Gasteiger partial charge is 0.497 e. The Labute approximate surface area is 256 Å². The molecule has 0 unspecified atom stereocenters. The van der Waals surface area contributed by atoms with Crippen molar-refractivity contribution in [3.63, 3.8) is 0 Å². The summed E-state index contributed by atoms with van der Waals surface area (Å²) in [5.41, 5.74) is -0.430. The van der Waals surface area contributed by atoms with Crippen LogP contribution in [0.3, 0.4) is 0 Å². The number of nitrogens with zero attached hydrogens (tertiary/aromatic N) is 2. The molecule has 1 fully saturated rings. The Morgan fingerprint density at radius 3 is 2.04 bits per heavy atom. The van der Waals surface area contributed by atoms with Gasteiger partial charge < -0.3 is 32.8 Å². The van der Waals surface area contributed by atoms with Gasteiger partial charge in [0.1, 0.15) is 35.9 Å². The lowest BCUT2D eigenvalue weighted by atomic mass is 9.95. The molecule has 0 radical (unpaired) electrons. The van der Waals surface area contributed by atoms with Crippen molar-refractivity contribution in [2.24, 2.45) is 0 Å². The highest BCUT2D eigenvalue weighted by molar-refractivity contribution is 5.74. The van der Waals surface area contributed by atoms with E-state index in [0.29, 0.717) is 11.3 Å². The van der Waals surface area contributed by atoms with Gasteiger partial charge in [0.15, 0.2) is 24.5 Å². The molecule has 0 spiro atoms. The van der Waals surface area contributed by atoms with E-state index < -0.39 is 66.7 Å². The summed E-state index contributed by atoms with van der Waals surface area (Å²) >= 11 is 0. The quantitative estimate of drug-likeness (QED) is 0.251. The second-order valence-corrected chi connectivity index (χ2v) is 9.90. The van der Waals surface area contributed by atoms with E-state index in [2.05, 4.69) is 0 Å². The Hall–Kier alpha value is -5.42. The third-order valence-corrected chi connectivity index (χ3v) is 6.75. The molecule has 0 saturated carbocycles. The lowest BCUT2D eigenvalue weighted by molar-refractivity contribution is -0.268. The van der Waals surface area contributed by atoms with E-state index in [1.165, 1.54) is 19.4 Å². The highest BCUT2D eigenvalue weighted by atomic mass is 16.7. The first-order chi connectivity index (χ1) is 21.4. The third kappa shape index (κ3) is 7.22. The summed E-state index contributed by atoms with van der Waals surface area (Å²) in [7, 11) is 1.49. The topological polar surface area (TPSA) is 183 Å². The second kappa shape index (κ2) is 13.9. The molecular weight excluding hydrogens is 592 g/mol. The molecule has 236 valence electrons. The maximum atomic E-state index is 14.3. The van der Waals surface area contributed by atoms with Gasteiger partial charge in [0.25, 0.3) is 5.56 Å². The van der Waals surface area contributed by atoms with Gasteiger partial charge in [-0.2, -0.15) is 5.26 Å². The van der Waals surface area contributed by atoms with E-state index in [1.54, 1.807) is 36.4 Å². The monoisotopic (exact) mass is 622 g/mol. The number of aromatic nitrogens is 1. The summed E-state index contributed by atoms with van der Waals surface area (Å²) in [5.74, 6) is -2.45. The number of hydrogen-bond donors (Lipinski definition) is 0. The Morgan fingerprint density at radius 2 is 1.51 bits per heavy atom. The van der Waals surface area contributed by atoms with Crippen LogP contribution in [0.25, 0.3) is 22.6 Å². The molecule has 5 atom stereocenters. The van der Waals surface area contributed by atoms with Crippen molar-refractivity contribution in [2.45, 2.75) is 58.3 Å². The minimum Gasteiger partial charge on any atom is -0.497 e. The molecule has 1 aromatic carbocycles. The summed E-state index contributed by atoms with van der Waals surface area (Å²) in [5, 5.41) is 10.1. The highest BCUT2D eigenvalue weighted by Gasteiger charge is 2.53. The van der Waals surface area contributed by atoms with E-state index in [9.17, 15) is 29.2 Å². The Balaban J connectivity index is 2.04. The van der Waals surface area contributed by atoms with Crippen molar-refractivity contribution < 1.29 is 52.0 Å². The molecule has 0 bridgehead atoms. The van der Waals surface area contributed by atoms with Crippen LogP contribution in [0.15, 0.2) is 57.9 Å². The zero-order chi connectivity index (χ0) is 32.8. The predicted octanol–water partition coefficient (Wildman–Crippen LogP) is 2.91. The fourth-order valence-corrected chi connectivity index (χ4v) is 5.01. The molecule has 1 aliphatic rings. The summed E-state index contributed by atoms with van der Waals surface area (Å²) in [6, 6.07) is 13.2. The number of carbonyl (C=O) groups excluding carboxylic acids is 4. The van der Waals surface area contributed by atoms with Crippen molar-refractivity contribution in [3.8, 4) is 34.4 Å². The van der Waals surface area contributed by atoms with Crippen LogP contribution in [0.5, 0.6) is 5.75 Å². The van der Waals surface area contributed by atoms with Gasteiger partial charge in [-0.05, 0) is 48.0 Å². The lowest BCUT2D eigenvalue weighted by Gasteiger charge is -2.45. The summed E-state index contributed by atoms with van der Waals surface area (Å²) in [6.45, 7) is 3.91. The average Bonchev–Trinajstić information content (AvgIpc) is 3.52. The predicted molar refractivity (Wildman–Crippen MR) is 152 cm³/mol. The molecular formula is C31H30N2O12. The number of pyridine rings is 1. The molecule has 45 heavy (non-hydrogen) atoms. The lowest BCUT2D eigenvalue weighted by Crippen LogP contribution is -2.61. The molecule has 3 heterocycles. The summed E-state index contributed by atoms with van der Waals surface area (Å²) < 4.78 is 39.8. The Kier molecular flexibility index (Phi) is 10.0. The van der Waals surface area contributed by atoms with Crippen molar-refractivity contribution in [1.82, 2.24) is 4.57 Å². The van der Waals surface area contributed by atoms with Gasteiger partial charge in [0, 0.05) is 33.3 Å². The molecule has 14 heteroatoms. The number of hydrogen-bond acceptors (Lipinski definition) is 13. The van der Waals surface area contributed by atoms with Gasteiger partial charge in [-0.25, -0.2) is 0 Å². The molecule has 4 rings (SSSR count).